The summed E-state index contributed by atoms with van der Waals surface area (Å²) in [5.41, 5.74) is 2.60. The quantitative estimate of drug-likeness (QED) is 0.742. The molecule has 0 aliphatic heterocycles. The molecule has 1 aliphatic rings. The Hall–Kier alpha value is -2.87. The van der Waals surface area contributed by atoms with E-state index in [0.717, 1.165) is 29.5 Å². The van der Waals surface area contributed by atoms with Gasteiger partial charge in [0, 0.05) is 30.6 Å². The number of benzene rings is 1. The highest BCUT2D eigenvalue weighted by Crippen LogP contribution is 2.47. The predicted molar refractivity (Wildman–Crippen MR) is 80.7 cm³/mol. The van der Waals surface area contributed by atoms with E-state index in [-0.39, 0.29) is 5.41 Å². The molecule has 22 heavy (non-hydrogen) atoms. The van der Waals surface area contributed by atoms with E-state index in [1.165, 1.54) is 0 Å². The van der Waals surface area contributed by atoms with Gasteiger partial charge in [-0.2, -0.15) is 10.2 Å². The fourth-order valence-electron chi connectivity index (χ4n) is 2.62. The Morgan fingerprint density at radius 1 is 1.18 bits per heavy atom. The smallest absolute Gasteiger partial charge is 0.258 e. The zero-order valence-corrected chi connectivity index (χ0v) is 12.2. The normalized spacial score (nSPS) is 15.5. The molecule has 0 atom stereocenters. The molecule has 5 nitrogen and oxygen atoms in total. The van der Waals surface area contributed by atoms with Gasteiger partial charge in [-0.1, -0.05) is 17.3 Å². The van der Waals surface area contributed by atoms with Gasteiger partial charge in [0.05, 0.1) is 11.5 Å². The van der Waals surface area contributed by atoms with Crippen LogP contribution in [0.1, 0.15) is 18.4 Å². The first-order valence-corrected chi connectivity index (χ1v) is 7.18. The lowest BCUT2D eigenvalue weighted by molar-refractivity contribution is 0.432. The number of hydrogen-bond donors (Lipinski definition) is 0. The molecule has 1 saturated carbocycles. The van der Waals surface area contributed by atoms with Crippen molar-refractivity contribution in [1.82, 2.24) is 14.7 Å². The second-order valence-corrected chi connectivity index (χ2v) is 5.76. The minimum absolute atomic E-state index is 0.261. The molecule has 1 aliphatic carbocycles. The van der Waals surface area contributed by atoms with Gasteiger partial charge in [0.2, 0.25) is 5.82 Å². The summed E-state index contributed by atoms with van der Waals surface area (Å²) in [6.07, 6.45) is 5.78. The Morgan fingerprint density at radius 2 is 1.95 bits per heavy atom. The lowest BCUT2D eigenvalue weighted by atomic mass is 9.97. The van der Waals surface area contributed by atoms with Gasteiger partial charge in [-0.25, -0.2) is 0 Å². The number of rotatable bonds is 3. The SMILES string of the molecule is Cn1ccc(-c2noc(-c3ccc(C4(C#N)CC4)cc3)n2)c1. The molecule has 2 aromatic heterocycles. The van der Waals surface area contributed by atoms with E-state index in [0.29, 0.717) is 11.7 Å². The van der Waals surface area contributed by atoms with Crippen molar-refractivity contribution in [1.29, 1.82) is 5.26 Å². The first kappa shape index (κ1) is 12.8. The fraction of sp³-hybridized carbons (Fsp3) is 0.235. The number of hydrogen-bond acceptors (Lipinski definition) is 4. The molecule has 5 heteroatoms. The van der Waals surface area contributed by atoms with Crippen molar-refractivity contribution in [2.45, 2.75) is 18.3 Å². The van der Waals surface area contributed by atoms with Crippen LogP contribution in [-0.2, 0) is 12.5 Å². The van der Waals surface area contributed by atoms with Crippen LogP contribution in [0, 0.1) is 11.3 Å². The minimum atomic E-state index is -0.261. The van der Waals surface area contributed by atoms with Crippen molar-refractivity contribution in [2.75, 3.05) is 0 Å². The van der Waals surface area contributed by atoms with Gasteiger partial charge in [-0.3, -0.25) is 0 Å². The zero-order valence-electron chi connectivity index (χ0n) is 12.2. The van der Waals surface area contributed by atoms with E-state index < -0.39 is 0 Å². The monoisotopic (exact) mass is 290 g/mol. The third-order valence-corrected chi connectivity index (χ3v) is 4.16. The van der Waals surface area contributed by atoms with E-state index in [1.807, 2.05) is 54.3 Å². The molecular formula is C17H14N4O. The molecule has 2 heterocycles. The second kappa shape index (κ2) is 4.57. The van der Waals surface area contributed by atoms with E-state index in [9.17, 15) is 5.26 Å². The summed E-state index contributed by atoms with van der Waals surface area (Å²) in [6.45, 7) is 0. The van der Waals surface area contributed by atoms with Crippen LogP contribution in [0.3, 0.4) is 0 Å². The predicted octanol–water partition coefficient (Wildman–Crippen LogP) is 3.30. The van der Waals surface area contributed by atoms with Crippen LogP contribution in [0.2, 0.25) is 0 Å². The molecule has 0 spiro atoms. The Kier molecular flexibility index (Phi) is 2.67. The van der Waals surface area contributed by atoms with Crippen LogP contribution in [0.4, 0.5) is 0 Å². The van der Waals surface area contributed by atoms with Crippen molar-refractivity contribution in [3.63, 3.8) is 0 Å². The first-order chi connectivity index (χ1) is 10.7. The Labute approximate surface area is 127 Å². The molecule has 0 saturated heterocycles. The summed E-state index contributed by atoms with van der Waals surface area (Å²) < 4.78 is 7.29. The summed E-state index contributed by atoms with van der Waals surface area (Å²) in [4.78, 5) is 4.44. The standard InChI is InChI=1S/C17H14N4O/c1-21-9-6-13(10-21)15-19-16(22-20-15)12-2-4-14(5-3-12)17(11-18)7-8-17/h2-6,9-10H,7-8H2,1H3. The largest absolute Gasteiger partial charge is 0.357 e. The fourth-order valence-corrected chi connectivity index (χ4v) is 2.62. The molecule has 0 amide bonds. The average molecular weight is 290 g/mol. The van der Waals surface area contributed by atoms with Crippen LogP contribution >= 0.6 is 0 Å². The average Bonchev–Trinajstić information content (AvgIpc) is 2.98. The van der Waals surface area contributed by atoms with Gasteiger partial charge in [-0.15, -0.1) is 0 Å². The van der Waals surface area contributed by atoms with E-state index in [4.69, 9.17) is 4.52 Å². The zero-order chi connectivity index (χ0) is 15.2. The summed E-state index contributed by atoms with van der Waals surface area (Å²) in [5, 5.41) is 13.3. The number of aromatic nitrogens is 3. The maximum atomic E-state index is 9.23. The highest BCUT2D eigenvalue weighted by molar-refractivity contribution is 5.60. The molecule has 0 bridgehead atoms. The van der Waals surface area contributed by atoms with Gasteiger partial charge < -0.3 is 9.09 Å². The van der Waals surface area contributed by atoms with E-state index >= 15 is 0 Å². The van der Waals surface area contributed by atoms with Gasteiger partial charge in [0.15, 0.2) is 0 Å². The van der Waals surface area contributed by atoms with Gasteiger partial charge >= 0.3 is 0 Å². The number of nitriles is 1. The van der Waals surface area contributed by atoms with Crippen molar-refractivity contribution < 1.29 is 4.52 Å². The van der Waals surface area contributed by atoms with Crippen LogP contribution in [0.5, 0.6) is 0 Å². The summed E-state index contributed by atoms with van der Waals surface area (Å²) in [6, 6.07) is 12.2. The molecule has 3 aromatic rings. The molecule has 108 valence electrons. The van der Waals surface area contributed by atoms with Crippen LogP contribution < -0.4 is 0 Å². The van der Waals surface area contributed by atoms with Crippen molar-refractivity contribution in [3.8, 4) is 28.9 Å². The maximum Gasteiger partial charge on any atom is 0.258 e. The van der Waals surface area contributed by atoms with Gasteiger partial charge in [0.25, 0.3) is 5.89 Å². The van der Waals surface area contributed by atoms with Crippen LogP contribution in [0.25, 0.3) is 22.8 Å². The molecular weight excluding hydrogens is 276 g/mol. The Morgan fingerprint density at radius 3 is 2.55 bits per heavy atom. The van der Waals surface area contributed by atoms with Crippen molar-refractivity contribution in [3.05, 3.63) is 48.3 Å². The maximum absolute atomic E-state index is 9.23. The van der Waals surface area contributed by atoms with Gasteiger partial charge in [0.1, 0.15) is 0 Å². The Bertz CT molecular complexity index is 863. The second-order valence-electron chi connectivity index (χ2n) is 5.76. The van der Waals surface area contributed by atoms with Gasteiger partial charge in [-0.05, 0) is 36.6 Å². The Balaban J connectivity index is 1.63. The lowest BCUT2D eigenvalue weighted by Gasteiger charge is -2.05. The molecule has 0 unspecified atom stereocenters. The molecule has 0 N–H and O–H groups in total. The molecule has 1 aromatic carbocycles. The minimum Gasteiger partial charge on any atom is -0.357 e. The molecule has 1 fully saturated rings. The van der Waals surface area contributed by atoms with Crippen LogP contribution in [0.15, 0.2) is 47.2 Å². The first-order valence-electron chi connectivity index (χ1n) is 7.18. The third-order valence-electron chi connectivity index (χ3n) is 4.16. The highest BCUT2D eigenvalue weighted by atomic mass is 16.5. The molecule has 0 radical (unpaired) electrons. The number of aryl methyl sites for hydroxylation is 1. The highest BCUT2D eigenvalue weighted by Gasteiger charge is 2.44. The summed E-state index contributed by atoms with van der Waals surface area (Å²) >= 11 is 0. The number of nitrogens with zero attached hydrogens (tertiary/aromatic N) is 4. The van der Waals surface area contributed by atoms with E-state index in [2.05, 4.69) is 16.2 Å². The van der Waals surface area contributed by atoms with Crippen LogP contribution in [-0.4, -0.2) is 14.7 Å². The van der Waals surface area contributed by atoms with Crippen molar-refractivity contribution in [2.24, 2.45) is 7.05 Å². The molecule has 4 rings (SSSR count). The van der Waals surface area contributed by atoms with E-state index in [1.54, 1.807) is 0 Å². The summed E-state index contributed by atoms with van der Waals surface area (Å²) in [5.74, 6) is 1.07. The third kappa shape index (κ3) is 2.01. The lowest BCUT2D eigenvalue weighted by Crippen LogP contribution is -2.01. The topological polar surface area (TPSA) is 67.6 Å². The van der Waals surface area contributed by atoms with Crippen molar-refractivity contribution >= 4 is 0 Å². The summed E-state index contributed by atoms with van der Waals surface area (Å²) in [7, 11) is 1.95.